The molecule has 0 radical (unpaired) electrons. The first kappa shape index (κ1) is 25.1. The molecule has 7 nitrogen and oxygen atoms in total. The van der Waals surface area contributed by atoms with Crippen LogP contribution in [0.4, 0.5) is 11.4 Å². The van der Waals surface area contributed by atoms with Crippen LogP contribution in [0, 0.1) is 5.92 Å². The quantitative estimate of drug-likeness (QED) is 0.256. The van der Waals surface area contributed by atoms with Crippen molar-refractivity contribution in [3.8, 4) is 11.5 Å². The highest BCUT2D eigenvalue weighted by molar-refractivity contribution is 6.36. The number of hydrogen-bond acceptors (Lipinski definition) is 6. The number of nitrogens with zero attached hydrogens (tertiary/aromatic N) is 2. The van der Waals surface area contributed by atoms with Crippen molar-refractivity contribution in [2.24, 2.45) is 5.92 Å². The smallest absolute Gasteiger partial charge is 0.266 e. The minimum Gasteiger partial charge on any atom is -0.490 e. The van der Waals surface area contributed by atoms with Gasteiger partial charge in [0.05, 0.1) is 35.7 Å². The first-order chi connectivity index (χ1) is 18.0. The van der Waals surface area contributed by atoms with Gasteiger partial charge in [-0.2, -0.15) is 0 Å². The van der Waals surface area contributed by atoms with Crippen molar-refractivity contribution in [2.75, 3.05) is 23.2 Å². The summed E-state index contributed by atoms with van der Waals surface area (Å²) >= 11 is 6.37. The first-order valence-corrected chi connectivity index (χ1v) is 13.0. The molecule has 8 heteroatoms. The van der Waals surface area contributed by atoms with Crippen molar-refractivity contribution < 1.29 is 23.9 Å². The Hall–Kier alpha value is -3.55. The van der Waals surface area contributed by atoms with Crippen LogP contribution in [0.15, 0.2) is 72.8 Å². The molecule has 0 bridgehead atoms. The second-order valence-corrected chi connectivity index (χ2v) is 9.37. The van der Waals surface area contributed by atoms with E-state index < -0.39 is 24.0 Å². The maximum Gasteiger partial charge on any atom is 0.266 e. The van der Waals surface area contributed by atoms with E-state index >= 15 is 0 Å². The predicted molar refractivity (Wildman–Crippen MR) is 142 cm³/mol. The first-order valence-electron chi connectivity index (χ1n) is 12.6. The number of hydrogen-bond donors (Lipinski definition) is 0. The molecule has 3 aromatic carbocycles. The fraction of sp³-hybridized carbons (Fsp3) is 0.310. The van der Waals surface area contributed by atoms with E-state index in [0.29, 0.717) is 35.4 Å². The van der Waals surface area contributed by atoms with Gasteiger partial charge in [0.2, 0.25) is 5.91 Å². The van der Waals surface area contributed by atoms with E-state index in [-0.39, 0.29) is 5.91 Å². The maximum atomic E-state index is 13.8. The highest BCUT2D eigenvalue weighted by Gasteiger charge is 2.60. The van der Waals surface area contributed by atoms with Gasteiger partial charge >= 0.3 is 0 Å². The molecular formula is C29H29ClN2O5. The van der Waals surface area contributed by atoms with Crippen molar-refractivity contribution >= 4 is 34.8 Å². The second-order valence-electron chi connectivity index (χ2n) is 8.96. The van der Waals surface area contributed by atoms with Crippen molar-refractivity contribution in [2.45, 2.75) is 38.8 Å². The number of unbranched alkanes of at least 4 members (excludes halogenated alkanes) is 1. The number of carbonyl (C=O) groups is 2. The number of anilines is 2. The van der Waals surface area contributed by atoms with Crippen LogP contribution in [0.2, 0.25) is 5.02 Å². The number of para-hydroxylation sites is 2. The number of benzene rings is 3. The van der Waals surface area contributed by atoms with Crippen LogP contribution >= 0.6 is 11.6 Å². The molecule has 0 spiro atoms. The number of imide groups is 1. The summed E-state index contributed by atoms with van der Waals surface area (Å²) in [5.74, 6) is -0.325. The van der Waals surface area contributed by atoms with Crippen LogP contribution in [0.5, 0.6) is 11.5 Å². The molecule has 0 aliphatic carbocycles. The number of halogens is 1. The molecule has 0 aromatic heterocycles. The Balaban J connectivity index is 1.56. The van der Waals surface area contributed by atoms with Crippen LogP contribution in [0.25, 0.3) is 0 Å². The molecule has 2 aliphatic rings. The van der Waals surface area contributed by atoms with Gasteiger partial charge in [0, 0.05) is 0 Å². The van der Waals surface area contributed by atoms with E-state index in [0.717, 1.165) is 29.0 Å². The number of amides is 2. The van der Waals surface area contributed by atoms with Gasteiger partial charge in [-0.05, 0) is 55.3 Å². The van der Waals surface area contributed by atoms with Gasteiger partial charge in [-0.3, -0.25) is 14.4 Å². The van der Waals surface area contributed by atoms with Gasteiger partial charge in [0.1, 0.15) is 5.92 Å². The number of fused-ring (bicyclic) bond motifs is 1. The topological polar surface area (TPSA) is 68.3 Å². The standard InChI is InChI=1S/C29H29ClN2O5/c1-3-5-17-36-23-16-15-19(18-24(23)35-4-2)26-25-27(37-32(26)20-11-7-6-8-12-20)29(34)31(28(25)33)22-14-10-9-13-21(22)30/h6-16,18,25-27H,3-5,17H2,1-2H3/t25-,26+,27-/m1/s1. The molecule has 5 rings (SSSR count). The zero-order chi connectivity index (χ0) is 25.9. The molecule has 3 aromatic rings. The van der Waals surface area contributed by atoms with Crippen LogP contribution < -0.4 is 19.4 Å². The summed E-state index contributed by atoms with van der Waals surface area (Å²) in [7, 11) is 0. The lowest BCUT2D eigenvalue weighted by atomic mass is 9.90. The second kappa shape index (κ2) is 10.8. The summed E-state index contributed by atoms with van der Waals surface area (Å²) in [5, 5.41) is 1.99. The summed E-state index contributed by atoms with van der Waals surface area (Å²) in [6.07, 6.45) is 0.975. The highest BCUT2D eigenvalue weighted by Crippen LogP contribution is 2.49. The molecule has 2 saturated heterocycles. The van der Waals surface area contributed by atoms with Gasteiger partial charge < -0.3 is 9.47 Å². The van der Waals surface area contributed by atoms with Crippen molar-refractivity contribution in [1.29, 1.82) is 0 Å². The van der Waals surface area contributed by atoms with Crippen molar-refractivity contribution in [3.63, 3.8) is 0 Å². The van der Waals surface area contributed by atoms with Crippen LogP contribution in [-0.4, -0.2) is 31.1 Å². The zero-order valence-electron chi connectivity index (χ0n) is 20.8. The number of hydroxylamine groups is 1. The molecule has 3 atom stereocenters. The molecule has 0 saturated carbocycles. The van der Waals surface area contributed by atoms with Crippen LogP contribution in [-0.2, 0) is 14.4 Å². The SMILES string of the molecule is CCCCOc1ccc([C@H]2[C@H]3C(=O)N(c4ccccc4Cl)C(=O)[C@@H]3ON2c2ccccc2)cc1OCC. The summed E-state index contributed by atoms with van der Waals surface area (Å²) in [6.45, 7) is 5.06. The van der Waals surface area contributed by atoms with Crippen LogP contribution in [0.3, 0.4) is 0 Å². The molecule has 2 aliphatic heterocycles. The molecule has 0 unspecified atom stereocenters. The van der Waals surface area contributed by atoms with E-state index in [9.17, 15) is 9.59 Å². The van der Waals surface area contributed by atoms with E-state index in [2.05, 4.69) is 6.92 Å². The normalized spacial score (nSPS) is 20.9. The van der Waals surface area contributed by atoms with Crippen molar-refractivity contribution in [3.05, 3.63) is 83.4 Å². The Morgan fingerprint density at radius 2 is 1.65 bits per heavy atom. The average molecular weight is 521 g/mol. The number of ether oxygens (including phenoxy) is 2. The summed E-state index contributed by atoms with van der Waals surface area (Å²) in [6, 6.07) is 21.4. The van der Waals surface area contributed by atoms with Gasteiger partial charge in [-0.25, -0.2) is 9.96 Å². The Morgan fingerprint density at radius 3 is 2.38 bits per heavy atom. The predicted octanol–water partition coefficient (Wildman–Crippen LogP) is 5.97. The average Bonchev–Trinajstić information content (AvgIpc) is 3.42. The fourth-order valence-corrected chi connectivity index (χ4v) is 5.07. The third kappa shape index (κ3) is 4.65. The molecule has 2 heterocycles. The van der Waals surface area contributed by atoms with Gasteiger partial charge in [0.15, 0.2) is 17.6 Å². The maximum absolute atomic E-state index is 13.8. The number of carbonyl (C=O) groups excluding carboxylic acids is 2. The monoisotopic (exact) mass is 520 g/mol. The van der Waals surface area contributed by atoms with E-state index in [1.54, 1.807) is 29.3 Å². The molecule has 192 valence electrons. The largest absolute Gasteiger partial charge is 0.490 e. The minimum absolute atomic E-state index is 0.327. The molecular weight excluding hydrogens is 492 g/mol. The number of rotatable bonds is 9. The van der Waals surface area contributed by atoms with Crippen LogP contribution in [0.1, 0.15) is 38.3 Å². The molecule has 37 heavy (non-hydrogen) atoms. The zero-order valence-corrected chi connectivity index (χ0v) is 21.6. The Kier molecular flexibility index (Phi) is 7.35. The third-order valence-electron chi connectivity index (χ3n) is 6.58. The summed E-state index contributed by atoms with van der Waals surface area (Å²) in [4.78, 5) is 34.8. The molecule has 2 amide bonds. The third-order valence-corrected chi connectivity index (χ3v) is 6.90. The minimum atomic E-state index is -0.981. The molecule has 2 fully saturated rings. The van der Waals surface area contributed by atoms with Crippen molar-refractivity contribution in [1.82, 2.24) is 0 Å². The van der Waals surface area contributed by atoms with E-state index in [1.807, 2.05) is 55.5 Å². The lowest BCUT2D eigenvalue weighted by Crippen LogP contribution is -2.37. The summed E-state index contributed by atoms with van der Waals surface area (Å²) in [5.41, 5.74) is 1.88. The highest BCUT2D eigenvalue weighted by atomic mass is 35.5. The lowest BCUT2D eigenvalue weighted by molar-refractivity contribution is -0.126. The van der Waals surface area contributed by atoms with Gasteiger partial charge in [-0.15, -0.1) is 0 Å². The Bertz CT molecular complexity index is 1280. The summed E-state index contributed by atoms with van der Waals surface area (Å²) < 4.78 is 11.9. The van der Waals surface area contributed by atoms with E-state index in [4.69, 9.17) is 25.9 Å². The Labute approximate surface area is 221 Å². The Morgan fingerprint density at radius 1 is 0.892 bits per heavy atom. The van der Waals surface area contributed by atoms with Gasteiger partial charge in [0.25, 0.3) is 5.91 Å². The molecule has 0 N–H and O–H groups in total. The van der Waals surface area contributed by atoms with E-state index in [1.165, 1.54) is 0 Å². The lowest BCUT2D eigenvalue weighted by Gasteiger charge is -2.29. The van der Waals surface area contributed by atoms with Gasteiger partial charge in [-0.1, -0.05) is 61.3 Å². The fourth-order valence-electron chi connectivity index (χ4n) is 4.85.